The Balaban J connectivity index is 1.32. The van der Waals surface area contributed by atoms with Crippen LogP contribution < -0.4 is 9.46 Å². The van der Waals surface area contributed by atoms with Crippen molar-refractivity contribution >= 4 is 27.5 Å². The van der Waals surface area contributed by atoms with E-state index in [4.69, 9.17) is 21.3 Å². The molecule has 2 aliphatic carbocycles. The molecule has 1 N–H and O–H groups in total. The monoisotopic (exact) mass is 535 g/mol. The summed E-state index contributed by atoms with van der Waals surface area (Å²) in [5, 5.41) is 0.733. The highest BCUT2D eigenvalue weighted by Gasteiger charge is 2.33. The molecule has 2 aromatic rings. The van der Waals surface area contributed by atoms with Gasteiger partial charge in [-0.2, -0.15) is 0 Å². The number of halogens is 2. The smallest absolute Gasteiger partial charge is 0.267 e. The lowest BCUT2D eigenvalue weighted by Crippen LogP contribution is -2.42. The van der Waals surface area contributed by atoms with Crippen LogP contribution in [0.4, 0.5) is 4.39 Å². The first-order valence-electron chi connectivity index (χ1n) is 12.5. The molecule has 3 aliphatic rings. The second kappa shape index (κ2) is 9.91. The van der Waals surface area contributed by atoms with Gasteiger partial charge in [-0.05, 0) is 81.7 Å². The number of hydrogen-bond acceptors (Lipinski definition) is 6. The largest absolute Gasteiger partial charge is 0.489 e. The molecule has 0 radical (unpaired) electrons. The summed E-state index contributed by atoms with van der Waals surface area (Å²) in [5.74, 6) is -0.675. The van der Waals surface area contributed by atoms with Crippen LogP contribution in [0.25, 0.3) is 0 Å². The lowest BCUT2D eigenvalue weighted by Gasteiger charge is -2.37. The number of nitrogens with zero attached hydrogens (tertiary/aromatic N) is 2. The van der Waals surface area contributed by atoms with Gasteiger partial charge in [0.1, 0.15) is 17.7 Å². The number of nitrogens with one attached hydrogen (secondary N) is 1. The van der Waals surface area contributed by atoms with E-state index in [2.05, 4.69) is 11.8 Å². The summed E-state index contributed by atoms with van der Waals surface area (Å²) in [6.07, 6.45) is 6.63. The molecule has 3 fully saturated rings. The maximum absolute atomic E-state index is 14.9. The van der Waals surface area contributed by atoms with Crippen molar-refractivity contribution in [3.05, 3.63) is 57.6 Å². The van der Waals surface area contributed by atoms with Crippen molar-refractivity contribution in [2.24, 2.45) is 0 Å². The van der Waals surface area contributed by atoms with Gasteiger partial charge < -0.3 is 4.74 Å². The first kappa shape index (κ1) is 25.4. The fourth-order valence-corrected chi connectivity index (χ4v) is 5.62. The molecule has 7 nitrogen and oxygen atoms in total. The second-order valence-corrected chi connectivity index (χ2v) is 12.4. The quantitative estimate of drug-likeness (QED) is 0.516. The Morgan fingerprint density at radius 1 is 1.19 bits per heavy atom. The molecule has 10 heteroatoms. The lowest BCUT2D eigenvalue weighted by molar-refractivity contribution is 0.0639. The summed E-state index contributed by atoms with van der Waals surface area (Å²) in [4.78, 5) is 19.5. The fourth-order valence-electron chi connectivity index (χ4n) is 4.91. The Morgan fingerprint density at radius 3 is 2.58 bits per heavy atom. The van der Waals surface area contributed by atoms with Gasteiger partial charge in [-0.25, -0.2) is 17.5 Å². The highest BCUT2D eigenvalue weighted by atomic mass is 35.5. The number of pyridine rings is 1. The predicted molar refractivity (Wildman–Crippen MR) is 136 cm³/mol. The lowest BCUT2D eigenvalue weighted by atomic mass is 10.0. The van der Waals surface area contributed by atoms with Crippen LogP contribution in [0.3, 0.4) is 0 Å². The molecule has 5 rings (SSSR count). The van der Waals surface area contributed by atoms with Crippen molar-refractivity contribution < 1.29 is 22.3 Å². The van der Waals surface area contributed by atoms with Gasteiger partial charge in [-0.3, -0.25) is 14.7 Å². The predicted octanol–water partition coefficient (Wildman–Crippen LogP) is 4.92. The van der Waals surface area contributed by atoms with Crippen LogP contribution >= 0.6 is 11.6 Å². The molecular weight excluding hydrogens is 505 g/mol. The Morgan fingerprint density at radius 2 is 1.92 bits per heavy atom. The number of carbonyl (C=O) groups is 1. The molecule has 1 aromatic heterocycles. The zero-order valence-corrected chi connectivity index (χ0v) is 22.0. The standard InChI is InChI=1S/C26H31ClFN3O4S/c1-15(23-10-9-21(27)25(29-23)17-7-8-17)31-11-3-4-18(14-31)35-24-13-22(28)20(12-19(24)16-5-6-16)26(32)30-36(2,33)34/h9-10,12-13,15-18H,3-8,11,14H2,1-2H3,(H,30,32)/t15?,18-/m1/s1. The zero-order valence-electron chi connectivity index (χ0n) is 20.5. The van der Waals surface area contributed by atoms with E-state index in [1.165, 1.54) is 12.1 Å². The number of ether oxygens (including phenoxy) is 1. The minimum absolute atomic E-state index is 0.0906. The summed E-state index contributed by atoms with van der Waals surface area (Å²) < 4.78 is 46.0. The van der Waals surface area contributed by atoms with E-state index in [0.29, 0.717) is 18.2 Å². The van der Waals surface area contributed by atoms with Crippen molar-refractivity contribution in [3.8, 4) is 5.75 Å². The van der Waals surface area contributed by atoms with Gasteiger partial charge in [0.15, 0.2) is 0 Å². The number of aromatic nitrogens is 1. The van der Waals surface area contributed by atoms with Gasteiger partial charge >= 0.3 is 0 Å². The number of benzene rings is 1. The van der Waals surface area contributed by atoms with Crippen LogP contribution in [0.5, 0.6) is 5.75 Å². The number of carbonyl (C=O) groups excluding carboxylic acids is 1. The third-order valence-electron chi connectivity index (χ3n) is 7.18. The van der Waals surface area contributed by atoms with Crippen molar-refractivity contribution in [3.63, 3.8) is 0 Å². The average molecular weight is 536 g/mol. The zero-order chi connectivity index (χ0) is 25.6. The SMILES string of the molecule is CC(c1ccc(Cl)c(C2CC2)n1)N1CCC[C@@H](Oc2cc(F)c(C(=O)NS(C)(=O)=O)cc2C2CC2)C1. The van der Waals surface area contributed by atoms with Gasteiger partial charge in [0.25, 0.3) is 5.91 Å². The van der Waals surface area contributed by atoms with E-state index in [1.54, 1.807) is 0 Å². The molecule has 2 atom stereocenters. The van der Waals surface area contributed by atoms with Gasteiger partial charge in [-0.15, -0.1) is 0 Å². The normalized spacial score (nSPS) is 21.7. The first-order valence-corrected chi connectivity index (χ1v) is 14.8. The fraction of sp³-hybridized carbons (Fsp3) is 0.538. The highest BCUT2D eigenvalue weighted by molar-refractivity contribution is 7.89. The molecule has 2 saturated carbocycles. The van der Waals surface area contributed by atoms with Crippen LogP contribution in [0, 0.1) is 5.82 Å². The number of likely N-dealkylation sites (tertiary alicyclic amines) is 1. The minimum Gasteiger partial charge on any atom is -0.489 e. The third kappa shape index (κ3) is 5.84. The number of sulfonamides is 1. The van der Waals surface area contributed by atoms with Crippen LogP contribution in [0.15, 0.2) is 24.3 Å². The molecule has 1 saturated heterocycles. The molecule has 1 unspecified atom stereocenters. The second-order valence-electron chi connectivity index (χ2n) is 10.3. The summed E-state index contributed by atoms with van der Waals surface area (Å²) in [6.45, 7) is 3.73. The molecule has 2 heterocycles. The summed E-state index contributed by atoms with van der Waals surface area (Å²) in [5.41, 5.74) is 2.46. The third-order valence-corrected chi connectivity index (χ3v) is 8.05. The van der Waals surface area contributed by atoms with Crippen molar-refractivity contribution in [1.29, 1.82) is 0 Å². The van der Waals surface area contributed by atoms with Gasteiger partial charge in [-0.1, -0.05) is 11.6 Å². The molecule has 1 aliphatic heterocycles. The Bertz CT molecular complexity index is 1280. The Hall–Kier alpha value is -2.23. The Labute approximate surface area is 216 Å². The van der Waals surface area contributed by atoms with Crippen LogP contribution in [-0.4, -0.2) is 49.7 Å². The molecule has 0 bridgehead atoms. The number of hydrogen-bond donors (Lipinski definition) is 1. The highest BCUT2D eigenvalue weighted by Crippen LogP contribution is 2.46. The van der Waals surface area contributed by atoms with E-state index < -0.39 is 21.7 Å². The summed E-state index contributed by atoms with van der Waals surface area (Å²) >= 11 is 6.37. The topological polar surface area (TPSA) is 88.6 Å². The van der Waals surface area contributed by atoms with Crippen molar-refractivity contribution in [1.82, 2.24) is 14.6 Å². The first-order chi connectivity index (χ1) is 17.1. The van der Waals surface area contributed by atoms with Crippen LogP contribution in [-0.2, 0) is 10.0 Å². The minimum atomic E-state index is -3.80. The maximum atomic E-state index is 14.9. The number of amides is 1. The average Bonchev–Trinajstić information content (AvgIpc) is 3.72. The molecule has 194 valence electrons. The van der Waals surface area contributed by atoms with Crippen molar-refractivity contribution in [2.75, 3.05) is 19.3 Å². The van der Waals surface area contributed by atoms with E-state index in [0.717, 1.165) is 73.3 Å². The van der Waals surface area contributed by atoms with E-state index >= 15 is 0 Å². The van der Waals surface area contributed by atoms with Crippen molar-refractivity contribution in [2.45, 2.75) is 69.4 Å². The van der Waals surface area contributed by atoms with Gasteiger partial charge in [0, 0.05) is 24.6 Å². The molecule has 1 amide bonds. The van der Waals surface area contributed by atoms with Crippen LogP contribution in [0.2, 0.25) is 5.02 Å². The van der Waals surface area contributed by atoms with Gasteiger partial charge in [0.2, 0.25) is 10.0 Å². The molecular formula is C26H31ClFN3O4S. The maximum Gasteiger partial charge on any atom is 0.267 e. The van der Waals surface area contributed by atoms with E-state index in [-0.39, 0.29) is 23.6 Å². The number of piperidine rings is 1. The molecule has 36 heavy (non-hydrogen) atoms. The van der Waals surface area contributed by atoms with E-state index in [1.807, 2.05) is 16.9 Å². The van der Waals surface area contributed by atoms with E-state index in [9.17, 15) is 17.6 Å². The summed E-state index contributed by atoms with van der Waals surface area (Å²) in [6, 6.07) is 6.70. The van der Waals surface area contributed by atoms with Crippen LogP contribution in [0.1, 0.15) is 90.6 Å². The Kier molecular flexibility index (Phi) is 7.00. The summed E-state index contributed by atoms with van der Waals surface area (Å²) in [7, 11) is -3.80. The molecule has 1 aromatic carbocycles. The molecule has 0 spiro atoms. The number of rotatable bonds is 8. The van der Waals surface area contributed by atoms with Gasteiger partial charge in [0.05, 0.1) is 28.2 Å².